The van der Waals surface area contributed by atoms with Crippen molar-refractivity contribution in [3.8, 4) is 11.6 Å². The summed E-state index contributed by atoms with van der Waals surface area (Å²) in [7, 11) is 0. The van der Waals surface area contributed by atoms with Crippen LogP contribution in [-0.2, 0) is 16.1 Å². The number of carbonyl (C=O) groups is 2. The number of hydrogen-bond acceptors (Lipinski definition) is 6. The Balaban J connectivity index is 1.62. The smallest absolute Gasteiger partial charge is 0.344 e. The first-order valence-electron chi connectivity index (χ1n) is 8.32. The molecule has 0 saturated carbocycles. The highest BCUT2D eigenvalue weighted by Crippen LogP contribution is 2.23. The second kappa shape index (κ2) is 8.66. The third-order valence-electron chi connectivity index (χ3n) is 3.62. The van der Waals surface area contributed by atoms with E-state index in [9.17, 15) is 9.59 Å². The van der Waals surface area contributed by atoms with Gasteiger partial charge in [0.25, 0.3) is 5.91 Å². The van der Waals surface area contributed by atoms with Gasteiger partial charge in [-0.1, -0.05) is 18.2 Å². The van der Waals surface area contributed by atoms with Crippen molar-refractivity contribution < 1.29 is 23.5 Å². The maximum atomic E-state index is 12.5. The molecule has 138 valence electrons. The fourth-order valence-corrected chi connectivity index (χ4v) is 2.24. The van der Waals surface area contributed by atoms with E-state index in [2.05, 4.69) is 10.3 Å². The van der Waals surface area contributed by atoms with Gasteiger partial charge in [0, 0.05) is 6.20 Å². The SMILES string of the molecule is C[C@H](OC(=O)c1cccnc1Oc1ccccc1)C(=O)NCc1ccco1. The molecule has 0 aliphatic rings. The largest absolute Gasteiger partial charge is 0.467 e. The number of pyridine rings is 1. The molecule has 0 radical (unpaired) electrons. The fourth-order valence-electron chi connectivity index (χ4n) is 2.24. The van der Waals surface area contributed by atoms with Gasteiger partial charge in [-0.3, -0.25) is 4.79 Å². The molecule has 3 aromatic rings. The van der Waals surface area contributed by atoms with Crippen LogP contribution in [0.2, 0.25) is 0 Å². The summed E-state index contributed by atoms with van der Waals surface area (Å²) in [5, 5.41) is 2.64. The van der Waals surface area contributed by atoms with E-state index in [4.69, 9.17) is 13.9 Å². The molecule has 3 rings (SSSR count). The van der Waals surface area contributed by atoms with E-state index < -0.39 is 18.0 Å². The summed E-state index contributed by atoms with van der Waals surface area (Å²) in [6.45, 7) is 1.70. The molecular formula is C20H18N2O5. The standard InChI is InChI=1S/C20H18N2O5/c1-14(18(23)22-13-16-9-6-12-25-16)26-20(24)17-10-5-11-21-19(17)27-15-7-3-2-4-8-15/h2-12,14H,13H2,1H3,(H,22,23)/t14-/m0/s1. The van der Waals surface area contributed by atoms with Crippen LogP contribution in [0.15, 0.2) is 71.5 Å². The molecule has 0 aliphatic carbocycles. The monoisotopic (exact) mass is 366 g/mol. The van der Waals surface area contributed by atoms with Crippen molar-refractivity contribution in [2.24, 2.45) is 0 Å². The van der Waals surface area contributed by atoms with Crippen molar-refractivity contribution in [1.82, 2.24) is 10.3 Å². The summed E-state index contributed by atoms with van der Waals surface area (Å²) in [5.74, 6) is 0.114. The number of nitrogens with one attached hydrogen (secondary N) is 1. The van der Waals surface area contributed by atoms with Crippen LogP contribution in [0, 0.1) is 0 Å². The van der Waals surface area contributed by atoms with Crippen molar-refractivity contribution in [2.45, 2.75) is 19.6 Å². The Bertz CT molecular complexity index is 894. The first-order valence-corrected chi connectivity index (χ1v) is 8.32. The van der Waals surface area contributed by atoms with Gasteiger partial charge in [0.2, 0.25) is 5.88 Å². The first kappa shape index (κ1) is 18.2. The summed E-state index contributed by atoms with van der Waals surface area (Å²) in [6, 6.07) is 15.5. The van der Waals surface area contributed by atoms with Crippen molar-refractivity contribution in [3.05, 3.63) is 78.4 Å². The van der Waals surface area contributed by atoms with Crippen LogP contribution in [-0.4, -0.2) is 23.0 Å². The van der Waals surface area contributed by atoms with Crippen LogP contribution >= 0.6 is 0 Å². The van der Waals surface area contributed by atoms with Crippen molar-refractivity contribution in [2.75, 3.05) is 0 Å². The van der Waals surface area contributed by atoms with Gasteiger partial charge in [0.1, 0.15) is 17.1 Å². The molecule has 0 unspecified atom stereocenters. The molecule has 7 nitrogen and oxygen atoms in total. The van der Waals surface area contributed by atoms with Crippen molar-refractivity contribution >= 4 is 11.9 Å². The number of carbonyl (C=O) groups excluding carboxylic acids is 2. The van der Waals surface area contributed by atoms with Crippen LogP contribution in [0.5, 0.6) is 11.6 Å². The minimum atomic E-state index is -0.989. The van der Waals surface area contributed by atoms with Crippen LogP contribution < -0.4 is 10.1 Å². The van der Waals surface area contributed by atoms with E-state index in [1.54, 1.807) is 30.3 Å². The number of nitrogens with zero attached hydrogens (tertiary/aromatic N) is 1. The van der Waals surface area contributed by atoms with Crippen molar-refractivity contribution in [3.63, 3.8) is 0 Å². The molecule has 2 heterocycles. The van der Waals surface area contributed by atoms with Crippen LogP contribution in [0.25, 0.3) is 0 Å². The van der Waals surface area contributed by atoms with Gasteiger partial charge in [-0.15, -0.1) is 0 Å². The lowest BCUT2D eigenvalue weighted by Gasteiger charge is -2.14. The van der Waals surface area contributed by atoms with E-state index >= 15 is 0 Å². The minimum Gasteiger partial charge on any atom is -0.467 e. The molecule has 1 N–H and O–H groups in total. The Kier molecular flexibility index (Phi) is 5.84. The predicted molar refractivity (Wildman–Crippen MR) is 96.2 cm³/mol. The topological polar surface area (TPSA) is 90.7 Å². The lowest BCUT2D eigenvalue weighted by molar-refractivity contribution is -0.129. The summed E-state index contributed by atoms with van der Waals surface area (Å²) < 4.78 is 16.0. The van der Waals surface area contributed by atoms with Gasteiger partial charge in [-0.2, -0.15) is 0 Å². The maximum absolute atomic E-state index is 12.5. The Morgan fingerprint density at radius 2 is 1.93 bits per heavy atom. The summed E-state index contributed by atoms with van der Waals surface area (Å²) >= 11 is 0. The summed E-state index contributed by atoms with van der Waals surface area (Å²) in [4.78, 5) is 28.6. The lowest BCUT2D eigenvalue weighted by Crippen LogP contribution is -2.35. The molecule has 0 spiro atoms. The molecule has 0 saturated heterocycles. The van der Waals surface area contributed by atoms with E-state index in [1.165, 1.54) is 25.5 Å². The molecular weight excluding hydrogens is 348 g/mol. The number of benzene rings is 1. The number of ether oxygens (including phenoxy) is 2. The normalized spacial score (nSPS) is 11.4. The van der Waals surface area contributed by atoms with Gasteiger partial charge < -0.3 is 19.2 Å². The van der Waals surface area contributed by atoms with E-state index in [0.717, 1.165) is 0 Å². The van der Waals surface area contributed by atoms with Gasteiger partial charge in [-0.05, 0) is 43.3 Å². The molecule has 2 aromatic heterocycles. The average Bonchev–Trinajstić information content (AvgIpc) is 3.21. The third kappa shape index (κ3) is 4.94. The summed E-state index contributed by atoms with van der Waals surface area (Å²) in [6.07, 6.45) is 2.04. The average molecular weight is 366 g/mol. The molecule has 1 aromatic carbocycles. The van der Waals surface area contributed by atoms with Crippen LogP contribution in [0.4, 0.5) is 0 Å². The molecule has 27 heavy (non-hydrogen) atoms. The Hall–Kier alpha value is -3.61. The zero-order valence-electron chi connectivity index (χ0n) is 14.6. The number of hydrogen-bond donors (Lipinski definition) is 1. The second-order valence-electron chi connectivity index (χ2n) is 5.62. The molecule has 0 aliphatic heterocycles. The zero-order chi connectivity index (χ0) is 19.1. The van der Waals surface area contributed by atoms with Gasteiger partial charge in [0.05, 0.1) is 12.8 Å². The number of aromatic nitrogens is 1. The number of para-hydroxylation sites is 1. The molecule has 0 bridgehead atoms. The minimum absolute atomic E-state index is 0.108. The fraction of sp³-hybridized carbons (Fsp3) is 0.150. The highest BCUT2D eigenvalue weighted by atomic mass is 16.6. The Morgan fingerprint density at radius 1 is 1.11 bits per heavy atom. The van der Waals surface area contributed by atoms with Crippen LogP contribution in [0.1, 0.15) is 23.0 Å². The van der Waals surface area contributed by atoms with E-state index in [-0.39, 0.29) is 18.0 Å². The highest BCUT2D eigenvalue weighted by Gasteiger charge is 2.22. The predicted octanol–water partition coefficient (Wildman–Crippen LogP) is 3.33. The number of furan rings is 1. The maximum Gasteiger partial charge on any atom is 0.344 e. The van der Waals surface area contributed by atoms with Gasteiger partial charge >= 0.3 is 5.97 Å². The quantitative estimate of drug-likeness (QED) is 0.645. The Labute approximate surface area is 155 Å². The molecule has 0 fully saturated rings. The van der Waals surface area contributed by atoms with Crippen molar-refractivity contribution in [1.29, 1.82) is 0 Å². The molecule has 1 atom stereocenters. The molecule has 7 heteroatoms. The van der Waals surface area contributed by atoms with Crippen LogP contribution in [0.3, 0.4) is 0 Å². The van der Waals surface area contributed by atoms with Gasteiger partial charge in [-0.25, -0.2) is 9.78 Å². The first-order chi connectivity index (χ1) is 13.1. The number of amides is 1. The number of rotatable bonds is 7. The van der Waals surface area contributed by atoms with E-state index in [0.29, 0.717) is 11.5 Å². The molecule has 1 amide bonds. The second-order valence-corrected chi connectivity index (χ2v) is 5.62. The van der Waals surface area contributed by atoms with Gasteiger partial charge in [0.15, 0.2) is 6.10 Å². The summed E-state index contributed by atoms with van der Waals surface area (Å²) in [5.41, 5.74) is 0.132. The highest BCUT2D eigenvalue weighted by molar-refractivity contribution is 5.94. The zero-order valence-corrected chi connectivity index (χ0v) is 14.6. The van der Waals surface area contributed by atoms with E-state index in [1.807, 2.05) is 18.2 Å². The lowest BCUT2D eigenvalue weighted by atomic mass is 10.2. The number of esters is 1. The third-order valence-corrected chi connectivity index (χ3v) is 3.62. The Morgan fingerprint density at radius 3 is 2.67 bits per heavy atom.